The lowest BCUT2D eigenvalue weighted by molar-refractivity contribution is -0.126. The van der Waals surface area contributed by atoms with Crippen LogP contribution in [0.2, 0.25) is 5.02 Å². The number of nitrogens with one attached hydrogen (secondary N) is 1. The van der Waals surface area contributed by atoms with Gasteiger partial charge in [-0.2, -0.15) is 0 Å². The van der Waals surface area contributed by atoms with E-state index in [9.17, 15) is 4.79 Å². The molecule has 2 aliphatic carbocycles. The van der Waals surface area contributed by atoms with Crippen LogP contribution in [0, 0.1) is 17.8 Å². The van der Waals surface area contributed by atoms with Gasteiger partial charge in [-0.3, -0.25) is 4.79 Å². The number of rotatable bonds is 5. The first kappa shape index (κ1) is 17.6. The maximum atomic E-state index is 12.6. The minimum absolute atomic E-state index is 0. The Balaban J connectivity index is 0.00000176. The van der Waals surface area contributed by atoms with Gasteiger partial charge in [0.2, 0.25) is 5.91 Å². The van der Waals surface area contributed by atoms with E-state index in [1.165, 1.54) is 12.8 Å². The van der Waals surface area contributed by atoms with E-state index in [-0.39, 0.29) is 30.3 Å². The molecular weight excluding hydrogens is 319 g/mol. The molecule has 2 saturated carbocycles. The number of halogens is 2. The maximum Gasteiger partial charge on any atom is 0.223 e. The lowest BCUT2D eigenvalue weighted by atomic mass is 9.94. The SMILES string of the molecule is Cl.NC[C@H]1CCC[C@H]1C(=O)NC(c1ccc(Cl)cc1)C1CC1. The van der Waals surface area contributed by atoms with Crippen molar-refractivity contribution in [3.8, 4) is 0 Å². The second-order valence-corrected chi connectivity index (χ2v) is 6.84. The lowest BCUT2D eigenvalue weighted by Crippen LogP contribution is -2.38. The number of hydrogen-bond donors (Lipinski definition) is 2. The molecule has 22 heavy (non-hydrogen) atoms. The number of nitrogens with two attached hydrogens (primary N) is 1. The van der Waals surface area contributed by atoms with Crippen LogP contribution in [0.25, 0.3) is 0 Å². The van der Waals surface area contributed by atoms with E-state index < -0.39 is 0 Å². The minimum atomic E-state index is 0. The molecule has 3 rings (SSSR count). The number of benzene rings is 1. The molecule has 3 N–H and O–H groups in total. The molecule has 0 aromatic heterocycles. The molecule has 0 saturated heterocycles. The van der Waals surface area contributed by atoms with Crippen LogP contribution in [0.4, 0.5) is 0 Å². The predicted molar refractivity (Wildman–Crippen MR) is 92.2 cm³/mol. The molecule has 1 aromatic rings. The van der Waals surface area contributed by atoms with E-state index in [2.05, 4.69) is 5.32 Å². The van der Waals surface area contributed by atoms with Gasteiger partial charge in [0.15, 0.2) is 0 Å². The summed E-state index contributed by atoms with van der Waals surface area (Å²) in [5, 5.41) is 4.02. The monoisotopic (exact) mass is 342 g/mol. The summed E-state index contributed by atoms with van der Waals surface area (Å²) >= 11 is 5.96. The molecular formula is C17H24Cl2N2O. The molecule has 5 heteroatoms. The number of carbonyl (C=O) groups excluding carboxylic acids is 1. The highest BCUT2D eigenvalue weighted by Gasteiger charge is 2.37. The second kappa shape index (κ2) is 7.67. The van der Waals surface area contributed by atoms with Crippen LogP contribution in [0.15, 0.2) is 24.3 Å². The van der Waals surface area contributed by atoms with Gasteiger partial charge < -0.3 is 11.1 Å². The first-order valence-electron chi connectivity index (χ1n) is 7.95. The Labute approximate surface area is 143 Å². The van der Waals surface area contributed by atoms with Gasteiger partial charge in [-0.1, -0.05) is 30.2 Å². The highest BCUT2D eigenvalue weighted by molar-refractivity contribution is 6.30. The van der Waals surface area contributed by atoms with Crippen LogP contribution < -0.4 is 11.1 Å². The zero-order valence-electron chi connectivity index (χ0n) is 12.6. The number of hydrogen-bond acceptors (Lipinski definition) is 2. The van der Waals surface area contributed by atoms with E-state index >= 15 is 0 Å². The van der Waals surface area contributed by atoms with E-state index in [1.54, 1.807) is 0 Å². The Morgan fingerprint density at radius 1 is 1.23 bits per heavy atom. The van der Waals surface area contributed by atoms with Crippen LogP contribution >= 0.6 is 24.0 Å². The van der Waals surface area contributed by atoms with E-state index in [4.69, 9.17) is 17.3 Å². The third-order valence-electron chi connectivity index (χ3n) is 4.92. The molecule has 0 aliphatic heterocycles. The summed E-state index contributed by atoms with van der Waals surface area (Å²) in [5.41, 5.74) is 6.96. The highest BCUT2D eigenvalue weighted by Crippen LogP contribution is 2.42. The van der Waals surface area contributed by atoms with Crippen LogP contribution in [-0.4, -0.2) is 12.5 Å². The molecule has 2 aliphatic rings. The maximum absolute atomic E-state index is 12.6. The standard InChI is InChI=1S/C17H23ClN2O.ClH/c18-14-8-6-12(7-9-14)16(11-4-5-11)20-17(21)15-3-1-2-13(15)10-19;/h6-9,11,13,15-16H,1-5,10,19H2,(H,20,21);1H/t13-,15-,16?;/m1./s1. The Morgan fingerprint density at radius 2 is 1.91 bits per heavy atom. The van der Waals surface area contributed by atoms with Crippen molar-refractivity contribution in [1.29, 1.82) is 0 Å². The molecule has 3 atom stereocenters. The largest absolute Gasteiger partial charge is 0.349 e. The van der Waals surface area contributed by atoms with Crippen LogP contribution in [0.1, 0.15) is 43.7 Å². The molecule has 122 valence electrons. The Morgan fingerprint density at radius 3 is 2.50 bits per heavy atom. The normalized spacial score (nSPS) is 25.4. The summed E-state index contributed by atoms with van der Waals surface area (Å²) in [6, 6.07) is 7.99. The molecule has 1 aromatic carbocycles. The third kappa shape index (κ3) is 3.95. The first-order valence-corrected chi connectivity index (χ1v) is 8.32. The third-order valence-corrected chi connectivity index (χ3v) is 5.17. The average molecular weight is 343 g/mol. The zero-order valence-corrected chi connectivity index (χ0v) is 14.2. The van der Waals surface area contributed by atoms with Crippen molar-refractivity contribution in [3.05, 3.63) is 34.9 Å². The van der Waals surface area contributed by atoms with Gasteiger partial charge in [0.25, 0.3) is 0 Å². The van der Waals surface area contributed by atoms with Gasteiger partial charge in [0.05, 0.1) is 6.04 Å². The summed E-state index contributed by atoms with van der Waals surface area (Å²) in [7, 11) is 0. The Bertz CT molecular complexity index is 502. The summed E-state index contributed by atoms with van der Waals surface area (Å²) < 4.78 is 0. The van der Waals surface area contributed by atoms with E-state index in [0.717, 1.165) is 29.8 Å². The quantitative estimate of drug-likeness (QED) is 0.856. The Hall–Kier alpha value is -0.770. The molecule has 1 amide bonds. The van der Waals surface area contributed by atoms with Crippen molar-refractivity contribution >= 4 is 29.9 Å². The van der Waals surface area contributed by atoms with Crippen molar-refractivity contribution in [2.75, 3.05) is 6.54 Å². The summed E-state index contributed by atoms with van der Waals surface area (Å²) in [6.45, 7) is 0.618. The van der Waals surface area contributed by atoms with Crippen molar-refractivity contribution in [2.45, 2.75) is 38.1 Å². The molecule has 0 radical (unpaired) electrons. The second-order valence-electron chi connectivity index (χ2n) is 6.41. The van der Waals surface area contributed by atoms with Crippen molar-refractivity contribution < 1.29 is 4.79 Å². The zero-order chi connectivity index (χ0) is 14.8. The summed E-state index contributed by atoms with van der Waals surface area (Å²) in [4.78, 5) is 12.6. The summed E-state index contributed by atoms with van der Waals surface area (Å²) in [6.07, 6.45) is 5.57. The van der Waals surface area contributed by atoms with Gasteiger partial charge in [-0.25, -0.2) is 0 Å². The fraction of sp³-hybridized carbons (Fsp3) is 0.588. The Kier molecular flexibility index (Phi) is 6.13. The molecule has 0 bridgehead atoms. The van der Waals surface area contributed by atoms with Crippen molar-refractivity contribution in [1.82, 2.24) is 5.32 Å². The van der Waals surface area contributed by atoms with Crippen LogP contribution in [-0.2, 0) is 4.79 Å². The van der Waals surface area contributed by atoms with E-state index in [1.807, 2.05) is 24.3 Å². The van der Waals surface area contributed by atoms with Gasteiger partial charge >= 0.3 is 0 Å². The molecule has 2 fully saturated rings. The fourth-order valence-electron chi connectivity index (χ4n) is 3.50. The van der Waals surface area contributed by atoms with Gasteiger partial charge in [0, 0.05) is 10.9 Å². The number of carbonyl (C=O) groups is 1. The molecule has 0 heterocycles. The van der Waals surface area contributed by atoms with Gasteiger partial charge in [-0.15, -0.1) is 12.4 Å². The fourth-order valence-corrected chi connectivity index (χ4v) is 3.62. The topological polar surface area (TPSA) is 55.1 Å². The predicted octanol–water partition coefficient (Wildman–Crippen LogP) is 3.70. The van der Waals surface area contributed by atoms with Gasteiger partial charge in [0.1, 0.15) is 0 Å². The molecule has 1 unspecified atom stereocenters. The minimum Gasteiger partial charge on any atom is -0.349 e. The molecule has 3 nitrogen and oxygen atoms in total. The van der Waals surface area contributed by atoms with Crippen LogP contribution in [0.3, 0.4) is 0 Å². The smallest absolute Gasteiger partial charge is 0.223 e. The van der Waals surface area contributed by atoms with Crippen molar-refractivity contribution in [3.63, 3.8) is 0 Å². The highest BCUT2D eigenvalue weighted by atomic mass is 35.5. The lowest BCUT2D eigenvalue weighted by Gasteiger charge is -2.23. The van der Waals surface area contributed by atoms with Gasteiger partial charge in [-0.05, 0) is 61.8 Å². The van der Waals surface area contributed by atoms with Crippen molar-refractivity contribution in [2.24, 2.45) is 23.5 Å². The molecule has 0 spiro atoms. The van der Waals surface area contributed by atoms with Crippen LogP contribution in [0.5, 0.6) is 0 Å². The summed E-state index contributed by atoms with van der Waals surface area (Å²) in [5.74, 6) is 1.22. The number of amides is 1. The van der Waals surface area contributed by atoms with E-state index in [0.29, 0.717) is 18.4 Å². The first-order chi connectivity index (χ1) is 10.2. The average Bonchev–Trinajstić information content (AvgIpc) is 3.22.